The molecule has 26 heavy (non-hydrogen) atoms. The molecule has 0 aliphatic heterocycles. The third-order valence-corrected chi connectivity index (χ3v) is 4.17. The molecule has 0 saturated heterocycles. The first-order chi connectivity index (χ1) is 12.5. The molecule has 0 fully saturated rings. The number of carbonyl (C=O) groups excluding carboxylic acids is 1. The molecule has 0 bridgehead atoms. The number of nitrogens with zero attached hydrogens (tertiary/aromatic N) is 3. The van der Waals surface area contributed by atoms with Crippen molar-refractivity contribution in [3.8, 4) is 0 Å². The number of amides is 1. The number of halogens is 1. The van der Waals surface area contributed by atoms with Crippen molar-refractivity contribution in [3.05, 3.63) is 82.6 Å². The van der Waals surface area contributed by atoms with E-state index in [4.69, 9.17) is 11.6 Å². The summed E-state index contributed by atoms with van der Waals surface area (Å²) in [5, 5.41) is 3.74. The number of nitrogens with one attached hydrogen (secondary N) is 1. The quantitative estimate of drug-likeness (QED) is 0.724. The Balaban J connectivity index is 1.76. The lowest BCUT2D eigenvalue weighted by Crippen LogP contribution is -2.27. The molecule has 0 radical (unpaired) electrons. The summed E-state index contributed by atoms with van der Waals surface area (Å²) in [6.07, 6.45) is 1.57. The van der Waals surface area contributed by atoms with Crippen LogP contribution in [0.3, 0.4) is 0 Å². The monoisotopic (exact) mass is 366 g/mol. The van der Waals surface area contributed by atoms with Gasteiger partial charge in [0.05, 0.1) is 0 Å². The average molecular weight is 367 g/mol. The van der Waals surface area contributed by atoms with Gasteiger partial charge in [-0.05, 0) is 36.2 Å². The van der Waals surface area contributed by atoms with Gasteiger partial charge in [0.25, 0.3) is 5.91 Å². The lowest BCUT2D eigenvalue weighted by atomic mass is 10.2. The van der Waals surface area contributed by atoms with Crippen LogP contribution >= 0.6 is 11.6 Å². The molecule has 0 saturated carbocycles. The van der Waals surface area contributed by atoms with Crippen LogP contribution in [-0.4, -0.2) is 27.8 Å². The van der Waals surface area contributed by atoms with Crippen molar-refractivity contribution in [1.82, 2.24) is 14.9 Å². The Morgan fingerprint density at radius 1 is 1.15 bits per heavy atom. The van der Waals surface area contributed by atoms with Gasteiger partial charge in [-0.3, -0.25) is 4.79 Å². The van der Waals surface area contributed by atoms with Crippen LogP contribution in [0.25, 0.3) is 0 Å². The van der Waals surface area contributed by atoms with E-state index in [9.17, 15) is 4.79 Å². The summed E-state index contributed by atoms with van der Waals surface area (Å²) < 4.78 is 0. The molecule has 1 heterocycles. The molecule has 0 spiro atoms. The van der Waals surface area contributed by atoms with E-state index in [-0.39, 0.29) is 5.91 Å². The molecule has 132 valence electrons. The standard InChI is InChI=1S/C20H19ClN4O/c1-14-8-9-16(21)12-18(14)24-20-22-11-10-17(23-20)19(26)25(2)13-15-6-4-3-5-7-15/h3-12H,13H2,1-2H3,(H,22,23,24). The van der Waals surface area contributed by atoms with E-state index in [1.807, 2.05) is 49.4 Å². The van der Waals surface area contributed by atoms with Crippen LogP contribution in [0.15, 0.2) is 60.8 Å². The van der Waals surface area contributed by atoms with Gasteiger partial charge in [-0.1, -0.05) is 48.0 Å². The van der Waals surface area contributed by atoms with Gasteiger partial charge in [-0.15, -0.1) is 0 Å². The number of anilines is 2. The van der Waals surface area contributed by atoms with Crippen LogP contribution in [0, 0.1) is 6.92 Å². The molecule has 5 nitrogen and oxygen atoms in total. The van der Waals surface area contributed by atoms with E-state index in [2.05, 4.69) is 15.3 Å². The van der Waals surface area contributed by atoms with Crippen LogP contribution in [-0.2, 0) is 6.54 Å². The Morgan fingerprint density at radius 3 is 2.69 bits per heavy atom. The minimum atomic E-state index is -0.165. The topological polar surface area (TPSA) is 58.1 Å². The van der Waals surface area contributed by atoms with Crippen molar-refractivity contribution in [2.24, 2.45) is 0 Å². The molecule has 6 heteroatoms. The molecular weight excluding hydrogens is 348 g/mol. The summed E-state index contributed by atoms with van der Waals surface area (Å²) in [6, 6.07) is 17.0. The molecular formula is C20H19ClN4O. The van der Waals surface area contributed by atoms with Gasteiger partial charge in [0.1, 0.15) is 5.69 Å². The predicted molar refractivity (Wildman–Crippen MR) is 104 cm³/mol. The molecule has 1 aromatic heterocycles. The lowest BCUT2D eigenvalue weighted by molar-refractivity contribution is 0.0779. The minimum Gasteiger partial charge on any atom is -0.336 e. The van der Waals surface area contributed by atoms with Crippen LogP contribution in [0.5, 0.6) is 0 Å². The number of aromatic nitrogens is 2. The number of hydrogen-bond donors (Lipinski definition) is 1. The molecule has 3 aromatic rings. The molecule has 1 N–H and O–H groups in total. The van der Waals surface area contributed by atoms with Gasteiger partial charge in [0.15, 0.2) is 0 Å². The minimum absolute atomic E-state index is 0.165. The third-order valence-electron chi connectivity index (χ3n) is 3.93. The maximum atomic E-state index is 12.7. The Kier molecular flexibility index (Phi) is 5.49. The summed E-state index contributed by atoms with van der Waals surface area (Å²) in [5.41, 5.74) is 3.21. The fraction of sp³-hybridized carbons (Fsp3) is 0.150. The predicted octanol–water partition coefficient (Wildman–Crippen LogP) is 4.45. The number of carbonyl (C=O) groups is 1. The van der Waals surface area contributed by atoms with Crippen molar-refractivity contribution in [3.63, 3.8) is 0 Å². The van der Waals surface area contributed by atoms with E-state index >= 15 is 0 Å². The van der Waals surface area contributed by atoms with Crippen molar-refractivity contribution in [1.29, 1.82) is 0 Å². The number of benzene rings is 2. The third kappa shape index (κ3) is 4.37. The van der Waals surface area contributed by atoms with E-state index < -0.39 is 0 Å². The van der Waals surface area contributed by atoms with Gasteiger partial charge in [-0.25, -0.2) is 9.97 Å². The second kappa shape index (κ2) is 7.97. The molecule has 0 atom stereocenters. The Hall–Kier alpha value is -2.92. The van der Waals surface area contributed by atoms with Crippen LogP contribution in [0.4, 0.5) is 11.6 Å². The van der Waals surface area contributed by atoms with Crippen molar-refractivity contribution < 1.29 is 4.79 Å². The van der Waals surface area contributed by atoms with Gasteiger partial charge in [0, 0.05) is 30.5 Å². The average Bonchev–Trinajstić information content (AvgIpc) is 2.65. The maximum absolute atomic E-state index is 12.7. The number of hydrogen-bond acceptors (Lipinski definition) is 4. The summed E-state index contributed by atoms with van der Waals surface area (Å²) >= 11 is 6.04. The summed E-state index contributed by atoms with van der Waals surface area (Å²) in [6.45, 7) is 2.47. The molecule has 0 unspecified atom stereocenters. The van der Waals surface area contributed by atoms with Gasteiger partial charge in [0.2, 0.25) is 5.95 Å². The highest BCUT2D eigenvalue weighted by molar-refractivity contribution is 6.30. The normalized spacial score (nSPS) is 10.4. The van der Waals surface area contributed by atoms with Crippen molar-refractivity contribution in [2.75, 3.05) is 12.4 Å². The van der Waals surface area contributed by atoms with Gasteiger partial charge >= 0.3 is 0 Å². The number of rotatable bonds is 5. The Morgan fingerprint density at radius 2 is 1.92 bits per heavy atom. The molecule has 0 aliphatic carbocycles. The van der Waals surface area contributed by atoms with Crippen LogP contribution < -0.4 is 5.32 Å². The van der Waals surface area contributed by atoms with Crippen LogP contribution in [0.2, 0.25) is 5.02 Å². The fourth-order valence-corrected chi connectivity index (χ4v) is 2.68. The summed E-state index contributed by atoms with van der Waals surface area (Å²) in [7, 11) is 1.76. The zero-order chi connectivity index (χ0) is 18.5. The SMILES string of the molecule is Cc1ccc(Cl)cc1Nc1nccc(C(=O)N(C)Cc2ccccc2)n1. The Labute approximate surface area is 157 Å². The Bertz CT molecular complexity index is 915. The molecule has 3 rings (SSSR count). The maximum Gasteiger partial charge on any atom is 0.272 e. The summed E-state index contributed by atoms with van der Waals surface area (Å²) in [5.74, 6) is 0.191. The highest BCUT2D eigenvalue weighted by atomic mass is 35.5. The first-order valence-electron chi connectivity index (χ1n) is 8.18. The second-order valence-corrected chi connectivity index (χ2v) is 6.43. The molecule has 1 amide bonds. The van der Waals surface area contributed by atoms with Gasteiger partial charge < -0.3 is 10.2 Å². The second-order valence-electron chi connectivity index (χ2n) is 6.00. The van der Waals surface area contributed by atoms with Crippen LogP contribution in [0.1, 0.15) is 21.6 Å². The van der Waals surface area contributed by atoms with E-state index in [0.29, 0.717) is 23.2 Å². The van der Waals surface area contributed by atoms with E-state index in [1.54, 1.807) is 30.3 Å². The first kappa shape index (κ1) is 17.9. The molecule has 2 aromatic carbocycles. The highest BCUT2D eigenvalue weighted by Crippen LogP contribution is 2.22. The van der Waals surface area contributed by atoms with Crippen molar-refractivity contribution >= 4 is 29.1 Å². The fourth-order valence-electron chi connectivity index (χ4n) is 2.51. The molecule has 0 aliphatic rings. The lowest BCUT2D eigenvalue weighted by Gasteiger charge is -2.17. The van der Waals surface area contributed by atoms with Gasteiger partial charge in [-0.2, -0.15) is 0 Å². The smallest absolute Gasteiger partial charge is 0.272 e. The van der Waals surface area contributed by atoms with E-state index in [1.165, 1.54) is 0 Å². The zero-order valence-corrected chi connectivity index (χ0v) is 15.4. The zero-order valence-electron chi connectivity index (χ0n) is 14.6. The van der Waals surface area contributed by atoms with Crippen molar-refractivity contribution in [2.45, 2.75) is 13.5 Å². The number of aryl methyl sites for hydroxylation is 1. The summed E-state index contributed by atoms with van der Waals surface area (Å²) in [4.78, 5) is 22.8. The van der Waals surface area contributed by atoms with E-state index in [0.717, 1.165) is 16.8 Å². The highest BCUT2D eigenvalue weighted by Gasteiger charge is 2.15. The largest absolute Gasteiger partial charge is 0.336 e. The first-order valence-corrected chi connectivity index (χ1v) is 8.56.